The summed E-state index contributed by atoms with van der Waals surface area (Å²) in [4.78, 5) is 25.0. The zero-order chi connectivity index (χ0) is 20.0. The van der Waals surface area contributed by atoms with Crippen LogP contribution in [-0.4, -0.2) is 24.9 Å². The van der Waals surface area contributed by atoms with E-state index in [0.717, 1.165) is 15.7 Å². The van der Waals surface area contributed by atoms with Gasteiger partial charge in [-0.05, 0) is 47.5 Å². The van der Waals surface area contributed by atoms with Crippen molar-refractivity contribution < 1.29 is 9.60 Å². The minimum absolute atomic E-state index is 0.272. The lowest BCUT2D eigenvalue weighted by Crippen LogP contribution is -2.12. The summed E-state index contributed by atoms with van der Waals surface area (Å²) >= 11 is 0. The van der Waals surface area contributed by atoms with Crippen molar-refractivity contribution in [2.24, 2.45) is 0 Å². The Balaban J connectivity index is 1.87. The van der Waals surface area contributed by atoms with Crippen LogP contribution in [0, 0.1) is 5.82 Å². The van der Waals surface area contributed by atoms with E-state index in [4.69, 9.17) is 0 Å². The summed E-state index contributed by atoms with van der Waals surface area (Å²) in [6.07, 6.45) is 5.85. The Morgan fingerprint density at radius 1 is 0.897 bits per heavy atom. The van der Waals surface area contributed by atoms with Gasteiger partial charge in [0, 0.05) is 35.1 Å². The maximum absolute atomic E-state index is 14.4. The molecule has 0 bridgehead atoms. The van der Waals surface area contributed by atoms with Gasteiger partial charge in [0.15, 0.2) is 5.65 Å². The molecule has 4 heterocycles. The number of halogens is 1. The minimum Gasteiger partial charge on any atom is -0.429 e. The quantitative estimate of drug-likeness (QED) is 0.465. The molecule has 29 heavy (non-hydrogen) atoms. The molecule has 0 spiro atoms. The van der Waals surface area contributed by atoms with Gasteiger partial charge < -0.3 is 5.21 Å². The van der Waals surface area contributed by atoms with Gasteiger partial charge in [-0.3, -0.25) is 4.79 Å². The van der Waals surface area contributed by atoms with Crippen molar-refractivity contribution in [3.63, 3.8) is 0 Å². The minimum atomic E-state index is -0.446. The zero-order valence-electron chi connectivity index (χ0n) is 15.0. The van der Waals surface area contributed by atoms with E-state index in [1.54, 1.807) is 42.6 Å². The molecule has 2 aliphatic heterocycles. The Labute approximate surface area is 163 Å². The lowest BCUT2D eigenvalue weighted by Gasteiger charge is -2.14. The van der Waals surface area contributed by atoms with Gasteiger partial charge in [-0.15, -0.1) is 0 Å². The van der Waals surface area contributed by atoms with Crippen LogP contribution in [0.3, 0.4) is 0 Å². The highest BCUT2D eigenvalue weighted by Gasteiger charge is 2.18. The highest BCUT2D eigenvalue weighted by Crippen LogP contribution is 2.36. The van der Waals surface area contributed by atoms with Gasteiger partial charge in [0.2, 0.25) is 0 Å². The van der Waals surface area contributed by atoms with Gasteiger partial charge in [0.1, 0.15) is 5.82 Å². The van der Waals surface area contributed by atoms with Crippen molar-refractivity contribution in [2.45, 2.75) is 0 Å². The molecule has 3 aromatic rings. The molecule has 0 atom stereocenters. The lowest BCUT2D eigenvalue weighted by molar-refractivity contribution is 0.184. The first-order chi connectivity index (χ1) is 14.1. The normalized spacial score (nSPS) is 11.2. The molecule has 2 aliphatic rings. The molecule has 140 valence electrons. The fraction of sp³-hybridized carbons (Fsp3) is 0. The van der Waals surface area contributed by atoms with Crippen LogP contribution < -0.4 is 5.56 Å². The summed E-state index contributed by atoms with van der Waals surface area (Å²) in [6.45, 7) is 0. The molecule has 0 radical (unpaired) electrons. The molecular formula is C22H13FN4O2. The maximum Gasteiger partial charge on any atom is 0.279 e. The average molecular weight is 384 g/mol. The predicted octanol–water partition coefficient (Wildman–Crippen LogP) is 4.00. The Morgan fingerprint density at radius 2 is 1.76 bits per heavy atom. The summed E-state index contributed by atoms with van der Waals surface area (Å²) < 4.78 is 15.2. The summed E-state index contributed by atoms with van der Waals surface area (Å²) in [5, 5.41) is 10.4. The second kappa shape index (κ2) is 6.49. The van der Waals surface area contributed by atoms with Gasteiger partial charge >= 0.3 is 0 Å². The van der Waals surface area contributed by atoms with Crippen molar-refractivity contribution >= 4 is 11.0 Å². The maximum atomic E-state index is 14.4. The summed E-state index contributed by atoms with van der Waals surface area (Å²) in [7, 11) is 0. The lowest BCUT2D eigenvalue weighted by atomic mass is 9.94. The van der Waals surface area contributed by atoms with Crippen molar-refractivity contribution in [1.82, 2.24) is 19.7 Å². The van der Waals surface area contributed by atoms with Crippen molar-refractivity contribution in [3.8, 4) is 33.5 Å². The van der Waals surface area contributed by atoms with Crippen LogP contribution in [0.5, 0.6) is 0 Å². The largest absolute Gasteiger partial charge is 0.429 e. The molecule has 0 aliphatic carbocycles. The highest BCUT2D eigenvalue weighted by atomic mass is 19.1. The monoisotopic (exact) mass is 384 g/mol. The molecule has 5 rings (SSSR count). The van der Waals surface area contributed by atoms with Crippen LogP contribution in [0.4, 0.5) is 4.39 Å². The van der Waals surface area contributed by atoms with Crippen molar-refractivity contribution in [3.05, 3.63) is 89.5 Å². The van der Waals surface area contributed by atoms with Crippen molar-refractivity contribution in [1.29, 1.82) is 0 Å². The second-order valence-corrected chi connectivity index (χ2v) is 6.54. The number of nitrogens with zero attached hydrogens (tertiary/aromatic N) is 4. The predicted molar refractivity (Wildman–Crippen MR) is 106 cm³/mol. The molecule has 0 saturated carbocycles. The molecular weight excluding hydrogens is 371 g/mol. The Kier molecular flexibility index (Phi) is 3.80. The molecule has 1 aromatic carbocycles. The van der Waals surface area contributed by atoms with E-state index in [0.29, 0.717) is 28.0 Å². The first-order valence-corrected chi connectivity index (χ1v) is 8.83. The van der Waals surface area contributed by atoms with Crippen LogP contribution in [0.2, 0.25) is 0 Å². The van der Waals surface area contributed by atoms with E-state index in [-0.39, 0.29) is 11.4 Å². The number of hydrogen-bond acceptors (Lipinski definition) is 5. The summed E-state index contributed by atoms with van der Waals surface area (Å²) in [6, 6.07) is 13.4. The molecule has 7 heteroatoms. The molecule has 1 N–H and O–H groups in total. The Morgan fingerprint density at radius 3 is 2.62 bits per heavy atom. The number of pyridine rings is 4. The van der Waals surface area contributed by atoms with Gasteiger partial charge in [-0.25, -0.2) is 24.1 Å². The van der Waals surface area contributed by atoms with Gasteiger partial charge in [0.25, 0.3) is 5.56 Å². The van der Waals surface area contributed by atoms with Crippen LogP contribution in [-0.2, 0) is 0 Å². The van der Waals surface area contributed by atoms with E-state index < -0.39 is 5.56 Å². The highest BCUT2D eigenvalue weighted by molar-refractivity contribution is 5.99. The van der Waals surface area contributed by atoms with Crippen LogP contribution >= 0.6 is 0 Å². The number of fused-ring (bicyclic) bond motifs is 2. The first kappa shape index (κ1) is 17.0. The van der Waals surface area contributed by atoms with E-state index >= 15 is 0 Å². The van der Waals surface area contributed by atoms with E-state index in [2.05, 4.69) is 15.0 Å². The van der Waals surface area contributed by atoms with Crippen LogP contribution in [0.25, 0.3) is 44.5 Å². The van der Waals surface area contributed by atoms with Crippen molar-refractivity contribution in [2.75, 3.05) is 0 Å². The Hall–Kier alpha value is -4.13. The number of aromatic nitrogens is 4. The smallest absolute Gasteiger partial charge is 0.279 e. The zero-order valence-corrected chi connectivity index (χ0v) is 15.0. The number of benzene rings is 1. The van der Waals surface area contributed by atoms with Crippen LogP contribution in [0.15, 0.2) is 78.1 Å². The number of hydrogen-bond donors (Lipinski definition) is 1. The molecule has 0 fully saturated rings. The molecule has 0 unspecified atom stereocenters. The summed E-state index contributed by atoms with van der Waals surface area (Å²) in [5.41, 5.74) is 3.06. The summed E-state index contributed by atoms with van der Waals surface area (Å²) in [5.74, 6) is -0.388. The molecule has 0 amide bonds. The van der Waals surface area contributed by atoms with Gasteiger partial charge in [-0.2, -0.15) is 0 Å². The average Bonchev–Trinajstić information content (AvgIpc) is 2.74. The standard InChI is InChI=1S/C22H13FN4O2/c23-19-6-2-1-4-15(19)20-10-16(14-5-3-8-24-21(14)26-20)17-11-25-22(28)18-12-27(29)9-7-13(17)18/h1-12,29H. The third-order valence-corrected chi connectivity index (χ3v) is 4.80. The second-order valence-electron chi connectivity index (χ2n) is 6.54. The third-order valence-electron chi connectivity index (χ3n) is 4.80. The topological polar surface area (TPSA) is 80.9 Å². The van der Waals surface area contributed by atoms with E-state index in [1.807, 2.05) is 6.07 Å². The fourth-order valence-electron chi connectivity index (χ4n) is 3.45. The van der Waals surface area contributed by atoms with Gasteiger partial charge in [-0.1, -0.05) is 12.1 Å². The fourth-order valence-corrected chi connectivity index (χ4v) is 3.45. The first-order valence-electron chi connectivity index (χ1n) is 8.83. The van der Waals surface area contributed by atoms with E-state index in [1.165, 1.54) is 24.7 Å². The molecule has 0 saturated heterocycles. The number of rotatable bonds is 2. The van der Waals surface area contributed by atoms with E-state index in [9.17, 15) is 14.4 Å². The SMILES string of the molecule is O=c1ncc(-c2cc(-c3ccccc3F)nc3ncccc23)c2ccn(O)cc1-2. The molecule has 2 aromatic heterocycles. The molecule has 6 nitrogen and oxygen atoms in total. The van der Waals surface area contributed by atoms with Crippen LogP contribution in [0.1, 0.15) is 0 Å². The third kappa shape index (κ3) is 2.80. The van der Waals surface area contributed by atoms with Gasteiger partial charge in [0.05, 0.1) is 17.5 Å². The Bertz CT molecular complexity index is 1410.